The number of aryl methyl sites for hydroxylation is 2. The third-order valence-corrected chi connectivity index (χ3v) is 6.62. The SMILES string of the molecule is Cc1ccc(C=Cc2scc(-c3onc(C)c3Br)c2S(N)(=O)=O)cc1. The lowest BCUT2D eigenvalue weighted by Crippen LogP contribution is -2.13. The summed E-state index contributed by atoms with van der Waals surface area (Å²) in [5, 5.41) is 11.0. The monoisotopic (exact) mass is 438 g/mol. The first-order chi connectivity index (χ1) is 11.8. The van der Waals surface area contributed by atoms with Crippen LogP contribution in [0, 0.1) is 13.8 Å². The molecule has 130 valence electrons. The fourth-order valence-corrected chi connectivity index (χ4v) is 4.87. The van der Waals surface area contributed by atoms with Gasteiger partial charge in [0.15, 0.2) is 5.76 Å². The molecule has 0 radical (unpaired) electrons. The summed E-state index contributed by atoms with van der Waals surface area (Å²) in [6.45, 7) is 3.77. The Balaban J connectivity index is 2.09. The van der Waals surface area contributed by atoms with E-state index in [2.05, 4.69) is 21.1 Å². The molecule has 0 spiro atoms. The smallest absolute Gasteiger partial charge is 0.240 e. The topological polar surface area (TPSA) is 86.2 Å². The zero-order chi connectivity index (χ0) is 18.2. The predicted molar refractivity (Wildman–Crippen MR) is 104 cm³/mol. The lowest BCUT2D eigenvalue weighted by Gasteiger charge is -2.01. The highest BCUT2D eigenvalue weighted by atomic mass is 79.9. The number of rotatable bonds is 4. The number of thiophene rings is 1. The molecule has 0 fully saturated rings. The van der Waals surface area contributed by atoms with E-state index in [-0.39, 0.29) is 4.90 Å². The maximum Gasteiger partial charge on any atom is 0.240 e. The van der Waals surface area contributed by atoms with E-state index in [4.69, 9.17) is 9.66 Å². The molecule has 5 nitrogen and oxygen atoms in total. The highest BCUT2D eigenvalue weighted by molar-refractivity contribution is 9.10. The molecule has 0 saturated heterocycles. The van der Waals surface area contributed by atoms with E-state index in [0.717, 1.165) is 11.1 Å². The van der Waals surface area contributed by atoms with Crippen molar-refractivity contribution in [1.29, 1.82) is 0 Å². The van der Waals surface area contributed by atoms with Crippen LogP contribution in [-0.2, 0) is 10.0 Å². The molecule has 2 N–H and O–H groups in total. The Kier molecular flexibility index (Phi) is 4.97. The number of benzene rings is 1. The van der Waals surface area contributed by atoms with Crippen LogP contribution in [0.1, 0.15) is 21.7 Å². The third-order valence-electron chi connectivity index (χ3n) is 3.60. The summed E-state index contributed by atoms with van der Waals surface area (Å²) in [5.74, 6) is 0.354. The Bertz CT molecular complexity index is 1050. The van der Waals surface area contributed by atoms with Gasteiger partial charge in [-0.15, -0.1) is 11.3 Å². The van der Waals surface area contributed by atoms with Crippen LogP contribution >= 0.6 is 27.3 Å². The number of primary sulfonamides is 1. The Labute approximate surface area is 158 Å². The second kappa shape index (κ2) is 6.87. The summed E-state index contributed by atoms with van der Waals surface area (Å²) < 4.78 is 30.2. The molecule has 0 bridgehead atoms. The lowest BCUT2D eigenvalue weighted by atomic mass is 10.1. The zero-order valence-corrected chi connectivity index (χ0v) is 16.7. The van der Waals surface area contributed by atoms with Gasteiger partial charge in [-0.2, -0.15) is 0 Å². The average Bonchev–Trinajstić information content (AvgIpc) is 3.11. The average molecular weight is 439 g/mol. The molecule has 3 aromatic rings. The standard InChI is InChI=1S/C17H15BrN2O3S2/c1-10-3-5-12(6-4-10)7-8-14-17(25(19,21)22)13(9-24-14)16-15(18)11(2)20-23-16/h3-9H,1-2H3,(H2,19,21,22). The summed E-state index contributed by atoms with van der Waals surface area (Å²) in [7, 11) is -3.94. The first-order valence-corrected chi connectivity index (χ1v) is 10.5. The molecule has 0 aliphatic carbocycles. The number of aromatic nitrogens is 1. The summed E-state index contributed by atoms with van der Waals surface area (Å²) in [6.07, 6.45) is 3.60. The Morgan fingerprint density at radius 3 is 2.44 bits per heavy atom. The molecule has 0 aliphatic heterocycles. The lowest BCUT2D eigenvalue weighted by molar-refractivity contribution is 0.426. The minimum atomic E-state index is -3.94. The van der Waals surface area contributed by atoms with Gasteiger partial charge in [0.25, 0.3) is 0 Å². The molecule has 0 aliphatic rings. The van der Waals surface area contributed by atoms with Crippen LogP contribution in [0.25, 0.3) is 23.5 Å². The number of sulfonamides is 1. The maximum atomic E-state index is 12.2. The number of hydrogen-bond acceptors (Lipinski definition) is 5. The molecule has 8 heteroatoms. The summed E-state index contributed by atoms with van der Waals surface area (Å²) in [4.78, 5) is 0.580. The van der Waals surface area contributed by atoms with Gasteiger partial charge in [-0.1, -0.05) is 41.1 Å². The van der Waals surface area contributed by atoms with Crippen molar-refractivity contribution in [3.05, 3.63) is 55.8 Å². The molecule has 0 amide bonds. The van der Waals surface area contributed by atoms with Crippen LogP contribution in [0.2, 0.25) is 0 Å². The van der Waals surface area contributed by atoms with Crippen LogP contribution < -0.4 is 5.14 Å². The van der Waals surface area contributed by atoms with E-state index in [1.165, 1.54) is 11.3 Å². The second-order valence-corrected chi connectivity index (χ2v) is 8.75. The van der Waals surface area contributed by atoms with Crippen molar-refractivity contribution in [3.8, 4) is 11.3 Å². The molecule has 0 saturated carbocycles. The van der Waals surface area contributed by atoms with E-state index in [0.29, 0.717) is 26.4 Å². The van der Waals surface area contributed by atoms with Gasteiger partial charge in [-0.05, 0) is 41.4 Å². The maximum absolute atomic E-state index is 12.2. The van der Waals surface area contributed by atoms with Crippen LogP contribution in [0.5, 0.6) is 0 Å². The van der Waals surface area contributed by atoms with Gasteiger partial charge in [0, 0.05) is 10.3 Å². The van der Waals surface area contributed by atoms with Gasteiger partial charge in [0.1, 0.15) is 4.90 Å². The highest BCUT2D eigenvalue weighted by Gasteiger charge is 2.26. The van der Waals surface area contributed by atoms with E-state index in [1.807, 2.05) is 37.3 Å². The van der Waals surface area contributed by atoms with Gasteiger partial charge < -0.3 is 4.52 Å². The van der Waals surface area contributed by atoms with Crippen molar-refractivity contribution < 1.29 is 12.9 Å². The minimum Gasteiger partial charge on any atom is -0.355 e. The first kappa shape index (κ1) is 18.1. The largest absolute Gasteiger partial charge is 0.355 e. The minimum absolute atomic E-state index is 0.0395. The van der Waals surface area contributed by atoms with Gasteiger partial charge in [0.2, 0.25) is 10.0 Å². The molecule has 25 heavy (non-hydrogen) atoms. The van der Waals surface area contributed by atoms with Crippen LogP contribution in [0.3, 0.4) is 0 Å². The molecular weight excluding hydrogens is 424 g/mol. The fourth-order valence-electron chi connectivity index (χ4n) is 2.30. The molecule has 2 aromatic heterocycles. The molecule has 1 aromatic carbocycles. The number of nitrogens with zero attached hydrogens (tertiary/aromatic N) is 1. The van der Waals surface area contributed by atoms with Gasteiger partial charge >= 0.3 is 0 Å². The van der Waals surface area contributed by atoms with Crippen molar-refractivity contribution in [2.45, 2.75) is 18.7 Å². The number of nitrogens with two attached hydrogens (primary N) is 1. The van der Waals surface area contributed by atoms with E-state index in [9.17, 15) is 8.42 Å². The quantitative estimate of drug-likeness (QED) is 0.644. The fraction of sp³-hybridized carbons (Fsp3) is 0.118. The van der Waals surface area contributed by atoms with E-state index in [1.54, 1.807) is 18.4 Å². The molecule has 0 atom stereocenters. The molecule has 2 heterocycles. The van der Waals surface area contributed by atoms with E-state index < -0.39 is 10.0 Å². The predicted octanol–water partition coefficient (Wildman–Crippen LogP) is 4.60. The normalized spacial score (nSPS) is 12.2. The van der Waals surface area contributed by atoms with Crippen molar-refractivity contribution in [3.63, 3.8) is 0 Å². The Morgan fingerprint density at radius 2 is 1.88 bits per heavy atom. The third kappa shape index (κ3) is 3.77. The molecule has 0 unspecified atom stereocenters. The van der Waals surface area contributed by atoms with Gasteiger partial charge in [0.05, 0.1) is 15.7 Å². The van der Waals surface area contributed by atoms with Crippen molar-refractivity contribution in [2.24, 2.45) is 5.14 Å². The molecule has 3 rings (SSSR count). The summed E-state index contributed by atoms with van der Waals surface area (Å²) in [6, 6.07) is 7.92. The van der Waals surface area contributed by atoms with E-state index >= 15 is 0 Å². The second-order valence-electron chi connectivity index (χ2n) is 5.54. The van der Waals surface area contributed by atoms with Gasteiger partial charge in [-0.25, -0.2) is 13.6 Å². The number of hydrogen-bond donors (Lipinski definition) is 1. The summed E-state index contributed by atoms with van der Waals surface area (Å²) in [5.41, 5.74) is 3.17. The summed E-state index contributed by atoms with van der Waals surface area (Å²) >= 11 is 4.66. The van der Waals surface area contributed by atoms with Crippen molar-refractivity contribution in [1.82, 2.24) is 5.16 Å². The Hall–Kier alpha value is -1.74. The number of halogens is 1. The van der Waals surface area contributed by atoms with Gasteiger partial charge in [-0.3, -0.25) is 0 Å². The zero-order valence-electron chi connectivity index (χ0n) is 13.5. The molecular formula is C17H15BrN2O3S2. The highest BCUT2D eigenvalue weighted by Crippen LogP contribution is 2.40. The Morgan fingerprint density at radius 1 is 1.20 bits per heavy atom. The van der Waals surface area contributed by atoms with Crippen molar-refractivity contribution >= 4 is 49.4 Å². The van der Waals surface area contributed by atoms with Crippen LogP contribution in [0.15, 0.2) is 43.5 Å². The van der Waals surface area contributed by atoms with Crippen molar-refractivity contribution in [2.75, 3.05) is 0 Å². The first-order valence-electron chi connectivity index (χ1n) is 7.28. The van der Waals surface area contributed by atoms with Crippen LogP contribution in [-0.4, -0.2) is 13.6 Å². The van der Waals surface area contributed by atoms with Crippen LogP contribution in [0.4, 0.5) is 0 Å².